The Kier molecular flexibility index (Phi) is 5.30. The molecule has 0 spiro atoms. The van der Waals surface area contributed by atoms with Gasteiger partial charge in [-0.05, 0) is 45.9 Å². The predicted molar refractivity (Wildman–Crippen MR) is 70.4 cm³/mol. The van der Waals surface area contributed by atoms with Gasteiger partial charge in [-0.2, -0.15) is 0 Å². The zero-order chi connectivity index (χ0) is 14.6. The molecular formula is C14H20FNO3. The molecular weight excluding hydrogens is 249 g/mol. The quantitative estimate of drug-likeness (QED) is 0.861. The Morgan fingerprint density at radius 1 is 1.32 bits per heavy atom. The molecule has 0 aliphatic rings. The van der Waals surface area contributed by atoms with Crippen molar-refractivity contribution in [3.8, 4) is 5.75 Å². The van der Waals surface area contributed by atoms with E-state index in [1.54, 1.807) is 6.92 Å². The van der Waals surface area contributed by atoms with Gasteiger partial charge in [-0.3, -0.25) is 4.79 Å². The first kappa shape index (κ1) is 15.4. The van der Waals surface area contributed by atoms with Gasteiger partial charge in [-0.25, -0.2) is 4.39 Å². The average Bonchev–Trinajstić information content (AvgIpc) is 2.30. The lowest BCUT2D eigenvalue weighted by Crippen LogP contribution is -2.40. The number of carbonyl (C=O) groups excluding carboxylic acids is 1. The second kappa shape index (κ2) is 6.52. The van der Waals surface area contributed by atoms with E-state index in [0.29, 0.717) is 11.3 Å². The van der Waals surface area contributed by atoms with Gasteiger partial charge in [-0.15, -0.1) is 0 Å². The molecule has 1 amide bonds. The number of ether oxygens (including phenoxy) is 1. The van der Waals surface area contributed by atoms with Crippen molar-refractivity contribution in [3.05, 3.63) is 29.6 Å². The minimum Gasteiger partial charge on any atom is -0.481 e. The maximum atomic E-state index is 13.1. The predicted octanol–water partition coefficient (Wildman–Crippen LogP) is 2.17. The lowest BCUT2D eigenvalue weighted by atomic mass is 10.1. The topological polar surface area (TPSA) is 58.6 Å². The summed E-state index contributed by atoms with van der Waals surface area (Å²) < 4.78 is 18.6. The summed E-state index contributed by atoms with van der Waals surface area (Å²) in [5, 5.41) is 12.3. The molecule has 4 nitrogen and oxygen atoms in total. The van der Waals surface area contributed by atoms with Crippen LogP contribution >= 0.6 is 0 Å². The Morgan fingerprint density at radius 2 is 1.95 bits per heavy atom. The van der Waals surface area contributed by atoms with Crippen molar-refractivity contribution in [2.75, 3.05) is 0 Å². The van der Waals surface area contributed by atoms with E-state index in [-0.39, 0.29) is 11.9 Å². The van der Waals surface area contributed by atoms with Crippen LogP contribution in [-0.4, -0.2) is 23.2 Å². The molecule has 1 unspecified atom stereocenters. The molecule has 0 aromatic heterocycles. The highest BCUT2D eigenvalue weighted by Crippen LogP contribution is 2.26. The highest BCUT2D eigenvalue weighted by atomic mass is 19.1. The number of aliphatic hydroxyl groups excluding tert-OH is 1. The van der Waals surface area contributed by atoms with Gasteiger partial charge in [0.05, 0.1) is 6.10 Å². The molecule has 1 rings (SSSR count). The van der Waals surface area contributed by atoms with E-state index >= 15 is 0 Å². The summed E-state index contributed by atoms with van der Waals surface area (Å²) in [4.78, 5) is 11.7. The fraction of sp³-hybridized carbons (Fsp3) is 0.500. The molecule has 106 valence electrons. The van der Waals surface area contributed by atoms with Crippen LogP contribution in [0.2, 0.25) is 0 Å². The van der Waals surface area contributed by atoms with Crippen LogP contribution in [0.5, 0.6) is 5.75 Å². The molecule has 0 bridgehead atoms. The normalized spacial score (nSPS) is 14.1. The van der Waals surface area contributed by atoms with Gasteiger partial charge in [0.15, 0.2) is 6.10 Å². The first-order valence-corrected chi connectivity index (χ1v) is 6.25. The number of rotatable bonds is 5. The minimum absolute atomic E-state index is 0.0167. The SMILES string of the molecule is CC(C)NC(=O)C(C)Oc1ccc(F)cc1[C@H](C)O. The molecule has 2 atom stereocenters. The van der Waals surface area contributed by atoms with Crippen molar-refractivity contribution in [1.29, 1.82) is 0 Å². The third-order valence-corrected chi connectivity index (χ3v) is 2.53. The van der Waals surface area contributed by atoms with Crippen LogP contribution < -0.4 is 10.1 Å². The molecule has 0 radical (unpaired) electrons. The number of hydrogen-bond donors (Lipinski definition) is 2. The van der Waals surface area contributed by atoms with Crippen LogP contribution in [0, 0.1) is 5.82 Å². The van der Waals surface area contributed by atoms with E-state index in [2.05, 4.69) is 5.32 Å². The van der Waals surface area contributed by atoms with E-state index < -0.39 is 18.0 Å². The van der Waals surface area contributed by atoms with Crippen molar-refractivity contribution in [2.24, 2.45) is 0 Å². The van der Waals surface area contributed by atoms with Gasteiger partial charge in [-0.1, -0.05) is 0 Å². The van der Waals surface area contributed by atoms with E-state index in [0.717, 1.165) is 0 Å². The lowest BCUT2D eigenvalue weighted by molar-refractivity contribution is -0.127. The van der Waals surface area contributed by atoms with E-state index in [4.69, 9.17) is 4.74 Å². The summed E-state index contributed by atoms with van der Waals surface area (Å²) in [6.45, 7) is 6.82. The summed E-state index contributed by atoms with van der Waals surface area (Å²) >= 11 is 0. The Labute approximate surface area is 112 Å². The zero-order valence-corrected chi connectivity index (χ0v) is 11.6. The zero-order valence-electron chi connectivity index (χ0n) is 11.6. The summed E-state index contributed by atoms with van der Waals surface area (Å²) in [6.07, 6.45) is -1.59. The smallest absolute Gasteiger partial charge is 0.260 e. The monoisotopic (exact) mass is 269 g/mol. The summed E-state index contributed by atoms with van der Waals surface area (Å²) in [7, 11) is 0. The maximum Gasteiger partial charge on any atom is 0.260 e. The fourth-order valence-electron chi connectivity index (χ4n) is 1.60. The van der Waals surface area contributed by atoms with Gasteiger partial charge in [0, 0.05) is 11.6 Å². The molecule has 1 aromatic carbocycles. The van der Waals surface area contributed by atoms with Crippen LogP contribution in [-0.2, 0) is 4.79 Å². The largest absolute Gasteiger partial charge is 0.481 e. The average molecular weight is 269 g/mol. The molecule has 0 heterocycles. The van der Waals surface area contributed by atoms with E-state index in [1.807, 2.05) is 13.8 Å². The molecule has 0 aliphatic carbocycles. The highest BCUT2D eigenvalue weighted by Gasteiger charge is 2.18. The Balaban J connectivity index is 2.84. The third-order valence-electron chi connectivity index (χ3n) is 2.53. The van der Waals surface area contributed by atoms with Gasteiger partial charge >= 0.3 is 0 Å². The summed E-state index contributed by atoms with van der Waals surface area (Å²) in [6, 6.07) is 3.86. The molecule has 19 heavy (non-hydrogen) atoms. The van der Waals surface area contributed by atoms with Crippen LogP contribution in [0.3, 0.4) is 0 Å². The second-order valence-electron chi connectivity index (χ2n) is 4.78. The van der Waals surface area contributed by atoms with Crippen LogP contribution in [0.25, 0.3) is 0 Å². The fourth-order valence-corrected chi connectivity index (χ4v) is 1.60. The maximum absolute atomic E-state index is 13.1. The van der Waals surface area contributed by atoms with Crippen LogP contribution in [0.1, 0.15) is 39.4 Å². The van der Waals surface area contributed by atoms with E-state index in [1.165, 1.54) is 25.1 Å². The molecule has 0 fully saturated rings. The van der Waals surface area contributed by atoms with Gasteiger partial charge in [0.1, 0.15) is 11.6 Å². The van der Waals surface area contributed by atoms with Crippen molar-refractivity contribution in [1.82, 2.24) is 5.32 Å². The molecule has 0 saturated heterocycles. The number of hydrogen-bond acceptors (Lipinski definition) is 3. The molecule has 1 aromatic rings. The Hall–Kier alpha value is -1.62. The number of benzene rings is 1. The first-order chi connectivity index (χ1) is 8.81. The van der Waals surface area contributed by atoms with Crippen molar-refractivity contribution in [3.63, 3.8) is 0 Å². The van der Waals surface area contributed by atoms with Crippen molar-refractivity contribution in [2.45, 2.75) is 45.9 Å². The number of aliphatic hydroxyl groups is 1. The molecule has 0 saturated carbocycles. The first-order valence-electron chi connectivity index (χ1n) is 6.25. The summed E-state index contributed by atoms with van der Waals surface area (Å²) in [5.41, 5.74) is 0.323. The Bertz CT molecular complexity index is 446. The third kappa shape index (κ3) is 4.52. The number of carbonyl (C=O) groups is 1. The highest BCUT2D eigenvalue weighted by molar-refractivity contribution is 5.80. The summed E-state index contributed by atoms with van der Waals surface area (Å²) in [5.74, 6) is -0.402. The van der Waals surface area contributed by atoms with Gasteiger partial charge < -0.3 is 15.2 Å². The lowest BCUT2D eigenvalue weighted by Gasteiger charge is -2.19. The standard InChI is InChI=1S/C14H20FNO3/c1-8(2)16-14(18)10(4)19-13-6-5-11(15)7-12(13)9(3)17/h5-10,17H,1-4H3,(H,16,18)/t9-,10?/m0/s1. The number of nitrogens with one attached hydrogen (secondary N) is 1. The van der Waals surface area contributed by atoms with Crippen molar-refractivity contribution < 1.29 is 19.0 Å². The molecule has 2 N–H and O–H groups in total. The molecule has 0 aliphatic heterocycles. The van der Waals surface area contributed by atoms with Crippen LogP contribution in [0.4, 0.5) is 4.39 Å². The Morgan fingerprint density at radius 3 is 2.47 bits per heavy atom. The van der Waals surface area contributed by atoms with Gasteiger partial charge in [0.2, 0.25) is 0 Å². The number of amides is 1. The van der Waals surface area contributed by atoms with E-state index in [9.17, 15) is 14.3 Å². The second-order valence-corrected chi connectivity index (χ2v) is 4.78. The minimum atomic E-state index is -0.869. The molecule has 5 heteroatoms. The van der Waals surface area contributed by atoms with Crippen LogP contribution in [0.15, 0.2) is 18.2 Å². The number of halogens is 1. The van der Waals surface area contributed by atoms with Crippen molar-refractivity contribution >= 4 is 5.91 Å². The van der Waals surface area contributed by atoms with Gasteiger partial charge in [0.25, 0.3) is 5.91 Å².